The molecule has 1 atom stereocenters. The molecule has 0 radical (unpaired) electrons. The molecule has 5 nitrogen and oxygen atoms in total. The van der Waals surface area contributed by atoms with Crippen molar-refractivity contribution in [2.75, 3.05) is 19.1 Å². The van der Waals surface area contributed by atoms with Crippen LogP contribution >= 0.6 is 0 Å². The SMILES string of the molecule is COCC(N)C(=O)Nn1c(C)ccc1C. The maximum Gasteiger partial charge on any atom is 0.258 e. The minimum Gasteiger partial charge on any atom is -0.383 e. The monoisotopic (exact) mass is 211 g/mol. The molecule has 1 aromatic rings. The van der Waals surface area contributed by atoms with E-state index in [1.54, 1.807) is 4.68 Å². The minimum absolute atomic E-state index is 0.213. The zero-order chi connectivity index (χ0) is 11.4. The van der Waals surface area contributed by atoms with E-state index in [2.05, 4.69) is 5.43 Å². The average molecular weight is 211 g/mol. The fraction of sp³-hybridized carbons (Fsp3) is 0.500. The molecule has 1 amide bonds. The van der Waals surface area contributed by atoms with Gasteiger partial charge >= 0.3 is 0 Å². The molecule has 0 spiro atoms. The van der Waals surface area contributed by atoms with Crippen molar-refractivity contribution < 1.29 is 9.53 Å². The Morgan fingerprint density at radius 3 is 2.53 bits per heavy atom. The van der Waals surface area contributed by atoms with E-state index >= 15 is 0 Å². The quantitative estimate of drug-likeness (QED) is 0.744. The molecule has 0 aromatic carbocycles. The molecule has 0 saturated heterocycles. The zero-order valence-corrected chi connectivity index (χ0v) is 9.28. The van der Waals surface area contributed by atoms with Crippen molar-refractivity contribution in [2.24, 2.45) is 5.73 Å². The van der Waals surface area contributed by atoms with E-state index in [0.717, 1.165) is 11.4 Å². The van der Waals surface area contributed by atoms with E-state index < -0.39 is 6.04 Å². The van der Waals surface area contributed by atoms with E-state index in [-0.39, 0.29) is 12.5 Å². The van der Waals surface area contributed by atoms with Crippen molar-refractivity contribution >= 4 is 5.91 Å². The lowest BCUT2D eigenvalue weighted by Gasteiger charge is -2.14. The van der Waals surface area contributed by atoms with Crippen molar-refractivity contribution in [1.29, 1.82) is 0 Å². The van der Waals surface area contributed by atoms with Crippen LogP contribution in [0.1, 0.15) is 11.4 Å². The third-order valence-electron chi connectivity index (χ3n) is 2.18. The Hall–Kier alpha value is -1.33. The van der Waals surface area contributed by atoms with Crippen LogP contribution in [-0.4, -0.2) is 30.3 Å². The predicted octanol–water partition coefficient (Wildman–Crippen LogP) is 0.149. The molecule has 0 bridgehead atoms. The Bertz CT molecular complexity index is 327. The molecule has 1 rings (SSSR count). The largest absolute Gasteiger partial charge is 0.383 e. The highest BCUT2D eigenvalue weighted by atomic mass is 16.5. The molecule has 0 fully saturated rings. The van der Waals surface area contributed by atoms with Crippen LogP contribution in [0.5, 0.6) is 0 Å². The number of aryl methyl sites for hydroxylation is 2. The van der Waals surface area contributed by atoms with Crippen LogP contribution in [0.25, 0.3) is 0 Å². The van der Waals surface area contributed by atoms with Gasteiger partial charge in [0.25, 0.3) is 5.91 Å². The summed E-state index contributed by atoms with van der Waals surface area (Å²) in [7, 11) is 1.51. The maximum atomic E-state index is 11.6. The van der Waals surface area contributed by atoms with Crippen LogP contribution in [0.15, 0.2) is 12.1 Å². The van der Waals surface area contributed by atoms with Gasteiger partial charge in [-0.2, -0.15) is 0 Å². The van der Waals surface area contributed by atoms with Gasteiger partial charge in [-0.25, -0.2) is 0 Å². The summed E-state index contributed by atoms with van der Waals surface area (Å²) >= 11 is 0. The van der Waals surface area contributed by atoms with Gasteiger partial charge in [0, 0.05) is 18.5 Å². The molecule has 84 valence electrons. The fourth-order valence-corrected chi connectivity index (χ4v) is 1.29. The number of nitrogens with two attached hydrogens (primary N) is 1. The van der Waals surface area contributed by atoms with E-state index in [9.17, 15) is 4.79 Å². The molecule has 0 aliphatic carbocycles. The van der Waals surface area contributed by atoms with Gasteiger partial charge in [-0.05, 0) is 26.0 Å². The lowest BCUT2D eigenvalue weighted by Crippen LogP contribution is -2.42. The third kappa shape index (κ3) is 2.81. The fourth-order valence-electron chi connectivity index (χ4n) is 1.29. The molecule has 0 saturated carbocycles. The van der Waals surface area contributed by atoms with Gasteiger partial charge in [0.05, 0.1) is 6.61 Å². The summed E-state index contributed by atoms with van der Waals surface area (Å²) in [6, 6.07) is 3.21. The highest BCUT2D eigenvalue weighted by molar-refractivity contribution is 5.88. The number of ether oxygens (including phenoxy) is 1. The van der Waals surface area contributed by atoms with Gasteiger partial charge in [-0.3, -0.25) is 14.9 Å². The Balaban J connectivity index is 2.66. The maximum absolute atomic E-state index is 11.6. The van der Waals surface area contributed by atoms with Crippen molar-refractivity contribution in [1.82, 2.24) is 4.68 Å². The van der Waals surface area contributed by atoms with Crippen molar-refractivity contribution in [3.05, 3.63) is 23.5 Å². The third-order valence-corrected chi connectivity index (χ3v) is 2.18. The number of hydrogen-bond acceptors (Lipinski definition) is 3. The number of rotatable bonds is 4. The zero-order valence-electron chi connectivity index (χ0n) is 9.28. The van der Waals surface area contributed by atoms with E-state index in [0.29, 0.717) is 0 Å². The van der Waals surface area contributed by atoms with Crippen LogP contribution < -0.4 is 11.2 Å². The number of nitrogens with one attached hydrogen (secondary N) is 1. The number of amides is 1. The van der Waals surface area contributed by atoms with Gasteiger partial charge in [0.1, 0.15) is 6.04 Å². The number of aromatic nitrogens is 1. The topological polar surface area (TPSA) is 69.3 Å². The number of carbonyl (C=O) groups is 1. The van der Waals surface area contributed by atoms with Crippen LogP contribution in [0.2, 0.25) is 0 Å². The summed E-state index contributed by atoms with van der Waals surface area (Å²) in [6.45, 7) is 4.04. The molecule has 1 heterocycles. The summed E-state index contributed by atoms with van der Waals surface area (Å²) in [5.74, 6) is -0.251. The number of nitrogens with zero attached hydrogens (tertiary/aromatic N) is 1. The van der Waals surface area contributed by atoms with Gasteiger partial charge in [-0.15, -0.1) is 0 Å². The molecule has 3 N–H and O–H groups in total. The molecule has 15 heavy (non-hydrogen) atoms. The van der Waals surface area contributed by atoms with Crippen LogP contribution in [0.3, 0.4) is 0 Å². The standard InChI is InChI=1S/C10H17N3O2/c1-7-4-5-8(2)13(7)12-10(14)9(11)6-15-3/h4-5,9H,6,11H2,1-3H3,(H,12,14). The molecule has 1 unspecified atom stereocenters. The minimum atomic E-state index is -0.642. The Morgan fingerprint density at radius 1 is 1.53 bits per heavy atom. The van der Waals surface area contributed by atoms with Crippen LogP contribution in [0, 0.1) is 13.8 Å². The summed E-state index contributed by atoms with van der Waals surface area (Å²) < 4.78 is 6.52. The highest BCUT2D eigenvalue weighted by Crippen LogP contribution is 2.04. The molecule has 0 aliphatic rings. The Kier molecular flexibility index (Phi) is 3.88. The summed E-state index contributed by atoms with van der Waals surface area (Å²) in [5, 5.41) is 0. The van der Waals surface area contributed by atoms with Crippen LogP contribution in [-0.2, 0) is 9.53 Å². The second-order valence-electron chi connectivity index (χ2n) is 3.49. The predicted molar refractivity (Wildman–Crippen MR) is 58.1 cm³/mol. The molecule has 0 aliphatic heterocycles. The second kappa shape index (κ2) is 4.95. The smallest absolute Gasteiger partial charge is 0.258 e. The first kappa shape index (κ1) is 11.7. The average Bonchev–Trinajstić information content (AvgIpc) is 2.49. The Morgan fingerprint density at radius 2 is 2.07 bits per heavy atom. The summed E-state index contributed by atoms with van der Waals surface area (Å²) in [4.78, 5) is 11.6. The molecule has 5 heteroatoms. The lowest BCUT2D eigenvalue weighted by atomic mass is 10.3. The lowest BCUT2D eigenvalue weighted by molar-refractivity contribution is -0.119. The molecule has 1 aromatic heterocycles. The van der Waals surface area contributed by atoms with Crippen LogP contribution in [0.4, 0.5) is 0 Å². The van der Waals surface area contributed by atoms with Crippen molar-refractivity contribution in [3.8, 4) is 0 Å². The first-order chi connectivity index (χ1) is 7.06. The first-order valence-electron chi connectivity index (χ1n) is 4.76. The van der Waals surface area contributed by atoms with Gasteiger partial charge < -0.3 is 10.5 Å². The van der Waals surface area contributed by atoms with Gasteiger partial charge in [-0.1, -0.05) is 0 Å². The van der Waals surface area contributed by atoms with Gasteiger partial charge in [0.2, 0.25) is 0 Å². The van der Waals surface area contributed by atoms with Crippen molar-refractivity contribution in [2.45, 2.75) is 19.9 Å². The van der Waals surface area contributed by atoms with E-state index in [1.807, 2.05) is 26.0 Å². The summed E-state index contributed by atoms with van der Waals surface area (Å²) in [5.41, 5.74) is 10.2. The van der Waals surface area contributed by atoms with E-state index in [1.165, 1.54) is 7.11 Å². The second-order valence-corrected chi connectivity index (χ2v) is 3.49. The molecular weight excluding hydrogens is 194 g/mol. The molecular formula is C10H17N3O2. The number of carbonyl (C=O) groups excluding carboxylic acids is 1. The highest BCUT2D eigenvalue weighted by Gasteiger charge is 2.14. The Labute approximate surface area is 89.2 Å². The number of methoxy groups -OCH3 is 1. The first-order valence-corrected chi connectivity index (χ1v) is 4.76. The normalized spacial score (nSPS) is 12.5. The van der Waals surface area contributed by atoms with Crippen molar-refractivity contribution in [3.63, 3.8) is 0 Å². The number of hydrogen-bond donors (Lipinski definition) is 2. The van der Waals surface area contributed by atoms with E-state index in [4.69, 9.17) is 10.5 Å². The van der Waals surface area contributed by atoms with Gasteiger partial charge in [0.15, 0.2) is 0 Å². The summed E-state index contributed by atoms with van der Waals surface area (Å²) in [6.07, 6.45) is 0.